The molecule has 0 aromatic heterocycles. The first kappa shape index (κ1) is 24.4. The van der Waals surface area contributed by atoms with Crippen LogP contribution < -0.4 is 9.64 Å². The molecule has 184 valence electrons. The number of hydrogen-bond acceptors (Lipinski definition) is 5. The fourth-order valence-electron chi connectivity index (χ4n) is 5.17. The maximum atomic E-state index is 13.6. The van der Waals surface area contributed by atoms with Gasteiger partial charge in [0.2, 0.25) is 10.0 Å². The monoisotopic (exact) mass is 494 g/mol. The highest BCUT2D eigenvalue weighted by atomic mass is 32.2. The molecule has 1 aliphatic heterocycles. The zero-order valence-corrected chi connectivity index (χ0v) is 20.1. The summed E-state index contributed by atoms with van der Waals surface area (Å²) in [5.74, 6) is -1.52. The Labute approximate surface area is 198 Å². The van der Waals surface area contributed by atoms with Crippen molar-refractivity contribution in [2.75, 3.05) is 18.0 Å². The first-order valence-corrected chi connectivity index (χ1v) is 12.6. The Hall–Kier alpha value is -2.72. The number of rotatable bonds is 6. The highest BCUT2D eigenvalue weighted by molar-refractivity contribution is 7.89. The van der Waals surface area contributed by atoms with Crippen molar-refractivity contribution in [3.05, 3.63) is 53.1 Å². The van der Waals surface area contributed by atoms with Gasteiger partial charge < -0.3 is 14.7 Å². The van der Waals surface area contributed by atoms with Crippen molar-refractivity contribution in [1.82, 2.24) is 4.31 Å². The van der Waals surface area contributed by atoms with E-state index < -0.39 is 28.5 Å². The zero-order valence-electron chi connectivity index (χ0n) is 19.2. The van der Waals surface area contributed by atoms with E-state index >= 15 is 0 Å². The predicted octanol–water partition coefficient (Wildman–Crippen LogP) is 4.00. The second-order valence-electron chi connectivity index (χ2n) is 9.06. The Kier molecular flexibility index (Phi) is 6.56. The number of carbonyl (C=O) groups is 1. The largest absolute Gasteiger partial charge is 0.481 e. The zero-order chi connectivity index (χ0) is 24.8. The molecule has 0 radical (unpaired) electrons. The molecule has 2 aliphatic rings. The van der Waals surface area contributed by atoms with Crippen LogP contribution in [0.3, 0.4) is 0 Å². The van der Waals surface area contributed by atoms with Crippen molar-refractivity contribution < 1.29 is 31.8 Å². The molecule has 1 fully saturated rings. The minimum Gasteiger partial charge on any atom is -0.481 e. The van der Waals surface area contributed by atoms with Crippen LogP contribution in [-0.4, -0.2) is 55.6 Å². The number of sulfonamides is 1. The fourth-order valence-corrected chi connectivity index (χ4v) is 7.01. The molecule has 10 heteroatoms. The number of aliphatic carboxylic acids is 1. The molecule has 2 aromatic carbocycles. The summed E-state index contributed by atoms with van der Waals surface area (Å²) >= 11 is 0. The molecule has 4 rings (SSSR count). The highest BCUT2D eigenvalue weighted by Gasteiger charge is 2.39. The first-order valence-electron chi connectivity index (χ1n) is 11.2. The molecule has 1 N–H and O–H groups in total. The van der Waals surface area contributed by atoms with Gasteiger partial charge in [0, 0.05) is 30.9 Å². The van der Waals surface area contributed by atoms with Crippen LogP contribution in [-0.2, 0) is 21.2 Å². The molecule has 34 heavy (non-hydrogen) atoms. The van der Waals surface area contributed by atoms with Gasteiger partial charge in [-0.15, -0.1) is 0 Å². The van der Waals surface area contributed by atoms with E-state index in [0.717, 1.165) is 11.3 Å². The van der Waals surface area contributed by atoms with Gasteiger partial charge in [-0.25, -0.2) is 8.42 Å². The van der Waals surface area contributed by atoms with Gasteiger partial charge >= 0.3 is 12.6 Å². The van der Waals surface area contributed by atoms with Crippen molar-refractivity contribution in [2.24, 2.45) is 0 Å². The average Bonchev–Trinajstić information content (AvgIpc) is 3.18. The van der Waals surface area contributed by atoms with Gasteiger partial charge in [-0.1, -0.05) is 6.07 Å². The van der Waals surface area contributed by atoms with E-state index in [1.54, 1.807) is 31.2 Å². The van der Waals surface area contributed by atoms with E-state index in [1.165, 1.54) is 16.4 Å². The van der Waals surface area contributed by atoms with E-state index in [1.807, 2.05) is 18.7 Å². The Morgan fingerprint density at radius 2 is 1.79 bits per heavy atom. The molecule has 0 amide bonds. The number of piperazine rings is 1. The molecule has 1 heterocycles. The normalized spacial score (nSPS) is 23.2. The van der Waals surface area contributed by atoms with Gasteiger partial charge in [-0.3, -0.25) is 4.79 Å². The lowest BCUT2D eigenvalue weighted by molar-refractivity contribution is -0.138. The summed E-state index contributed by atoms with van der Waals surface area (Å²) in [6.07, 6.45) is 1.10. The van der Waals surface area contributed by atoms with Gasteiger partial charge in [0.25, 0.3) is 0 Å². The van der Waals surface area contributed by atoms with Gasteiger partial charge in [0.15, 0.2) is 0 Å². The highest BCUT2D eigenvalue weighted by Crippen LogP contribution is 2.37. The number of halogens is 2. The predicted molar refractivity (Wildman–Crippen MR) is 123 cm³/mol. The molecule has 0 saturated carbocycles. The molecular formula is C24H28F2N2O5S. The molecule has 2 aromatic rings. The second kappa shape index (κ2) is 9.14. The number of carboxylic acid groups (broad SMARTS) is 1. The molecule has 1 saturated heterocycles. The van der Waals surface area contributed by atoms with Gasteiger partial charge in [0.1, 0.15) is 5.75 Å². The summed E-state index contributed by atoms with van der Waals surface area (Å²) in [4.78, 5) is 13.7. The van der Waals surface area contributed by atoms with Crippen LogP contribution in [0.25, 0.3) is 0 Å². The van der Waals surface area contributed by atoms with Gasteiger partial charge in [-0.2, -0.15) is 13.1 Å². The second-order valence-corrected chi connectivity index (χ2v) is 10.9. The van der Waals surface area contributed by atoms with Crippen molar-refractivity contribution >= 4 is 21.7 Å². The summed E-state index contributed by atoms with van der Waals surface area (Å²) in [5, 5.41) is 9.49. The Morgan fingerprint density at radius 1 is 1.12 bits per heavy atom. The third kappa shape index (κ3) is 4.48. The summed E-state index contributed by atoms with van der Waals surface area (Å²) in [7, 11) is -3.85. The maximum Gasteiger partial charge on any atom is 0.387 e. The number of ether oxygens (including phenoxy) is 1. The molecule has 0 spiro atoms. The average molecular weight is 495 g/mol. The Balaban J connectivity index is 1.57. The van der Waals surface area contributed by atoms with E-state index in [0.29, 0.717) is 37.1 Å². The number of fused-ring (bicyclic) bond motifs is 1. The standard InChI is InChI=1S/C24H28F2N2O5S/c1-14-10-18(6-9-22(14)33-24(25)26)27-12-15(2)28(16(3)13-27)34(31,32)19-7-4-17-5-8-20(23(29)30)21(17)11-19/h4,6-7,9-11,15-16,20,24H,5,8,12-13H2,1-3H3,(H,29,30). The van der Waals surface area contributed by atoms with Crippen molar-refractivity contribution in [2.45, 2.75) is 63.1 Å². The van der Waals surface area contributed by atoms with Crippen LogP contribution in [0.2, 0.25) is 0 Å². The van der Waals surface area contributed by atoms with E-state index in [-0.39, 0.29) is 22.7 Å². The van der Waals surface area contributed by atoms with Crippen LogP contribution in [0, 0.1) is 6.92 Å². The van der Waals surface area contributed by atoms with Gasteiger partial charge in [0.05, 0.1) is 10.8 Å². The van der Waals surface area contributed by atoms with Crippen LogP contribution in [0.5, 0.6) is 5.75 Å². The van der Waals surface area contributed by atoms with E-state index in [2.05, 4.69) is 4.74 Å². The molecule has 7 nitrogen and oxygen atoms in total. The number of hydrogen-bond donors (Lipinski definition) is 1. The third-order valence-electron chi connectivity index (χ3n) is 6.65. The quantitative estimate of drug-likeness (QED) is 0.653. The van der Waals surface area contributed by atoms with Crippen molar-refractivity contribution in [3.63, 3.8) is 0 Å². The number of alkyl halides is 2. The lowest BCUT2D eigenvalue weighted by Gasteiger charge is -2.44. The minimum absolute atomic E-state index is 0.107. The van der Waals surface area contributed by atoms with Crippen molar-refractivity contribution in [3.8, 4) is 5.75 Å². The number of benzene rings is 2. The van der Waals surface area contributed by atoms with E-state index in [4.69, 9.17) is 0 Å². The van der Waals surface area contributed by atoms with E-state index in [9.17, 15) is 27.1 Å². The maximum absolute atomic E-state index is 13.6. The number of anilines is 1. The minimum atomic E-state index is -3.85. The number of carboxylic acids is 1. The van der Waals surface area contributed by atoms with Crippen LogP contribution in [0.1, 0.15) is 42.9 Å². The molecule has 3 atom stereocenters. The first-order chi connectivity index (χ1) is 16.0. The van der Waals surface area contributed by atoms with Crippen LogP contribution in [0.4, 0.5) is 14.5 Å². The Morgan fingerprint density at radius 3 is 2.38 bits per heavy atom. The SMILES string of the molecule is Cc1cc(N2CC(C)N(S(=O)(=O)c3ccc4c(c3)C(C(=O)O)CC4)C(C)C2)ccc1OC(F)F. The smallest absolute Gasteiger partial charge is 0.387 e. The lowest BCUT2D eigenvalue weighted by atomic mass is 10.0. The molecule has 3 unspecified atom stereocenters. The fraction of sp³-hybridized carbons (Fsp3) is 0.458. The molecule has 1 aliphatic carbocycles. The van der Waals surface area contributed by atoms with Gasteiger partial charge in [-0.05, 0) is 80.6 Å². The summed E-state index contributed by atoms with van der Waals surface area (Å²) in [5.41, 5.74) is 2.83. The Bertz CT molecular complexity index is 1190. The van der Waals surface area contributed by atoms with Crippen LogP contribution in [0.15, 0.2) is 41.3 Å². The summed E-state index contributed by atoms with van der Waals surface area (Å²) < 4.78 is 58.3. The summed E-state index contributed by atoms with van der Waals surface area (Å²) in [6, 6.07) is 9.03. The van der Waals surface area contributed by atoms with Crippen molar-refractivity contribution in [1.29, 1.82) is 0 Å². The summed E-state index contributed by atoms with van der Waals surface area (Å²) in [6.45, 7) is 3.28. The lowest BCUT2D eigenvalue weighted by Crippen LogP contribution is -2.58. The molecule has 0 bridgehead atoms. The molecular weight excluding hydrogens is 466 g/mol. The third-order valence-corrected chi connectivity index (χ3v) is 8.77. The number of nitrogens with zero attached hydrogens (tertiary/aromatic N) is 2. The number of aryl methyl sites for hydroxylation is 2. The topological polar surface area (TPSA) is 87.2 Å². The van der Waals surface area contributed by atoms with Crippen LogP contribution >= 0.6 is 0 Å².